The van der Waals surface area contributed by atoms with Gasteiger partial charge in [-0.2, -0.15) is 10.1 Å². The second kappa shape index (κ2) is 8.30. The molecule has 5 rings (SSSR count). The highest BCUT2D eigenvalue weighted by molar-refractivity contribution is 5.78. The molecule has 0 bridgehead atoms. The molecule has 1 aromatic carbocycles. The van der Waals surface area contributed by atoms with Crippen LogP contribution in [0.15, 0.2) is 53.6 Å². The van der Waals surface area contributed by atoms with Crippen LogP contribution in [0.5, 0.6) is 17.4 Å². The van der Waals surface area contributed by atoms with Gasteiger partial charge in [0.25, 0.3) is 5.56 Å². The minimum atomic E-state index is -0.762. The monoisotopic (exact) mass is 447 g/mol. The van der Waals surface area contributed by atoms with Crippen LogP contribution in [0.1, 0.15) is 34.7 Å². The lowest BCUT2D eigenvalue weighted by Gasteiger charge is -2.19. The standard InChI is InChI=1S/C23H21N5O5/c1-13-15(11-25-27-13)10-24-20(29)9-16(14-5-6-17-18(8-14)33-12-32-17)21-22(30)26-19-4-2-3-7-28(19)23(21)31/h2-8,11,16,30H,9-10,12H2,1H3,(H,24,29)(H,25,27). The van der Waals surface area contributed by atoms with Crippen molar-refractivity contribution in [3.05, 3.63) is 81.5 Å². The fraction of sp³-hybridized carbons (Fsp3) is 0.217. The van der Waals surface area contributed by atoms with Gasteiger partial charge in [-0.1, -0.05) is 12.1 Å². The normalized spacial score (nSPS) is 13.2. The van der Waals surface area contributed by atoms with Crippen LogP contribution in [0.3, 0.4) is 0 Å². The first-order chi connectivity index (χ1) is 16.0. The molecule has 3 aromatic heterocycles. The van der Waals surface area contributed by atoms with Crippen molar-refractivity contribution >= 4 is 11.6 Å². The van der Waals surface area contributed by atoms with E-state index < -0.39 is 17.4 Å². The molecule has 1 unspecified atom stereocenters. The van der Waals surface area contributed by atoms with Gasteiger partial charge in [0, 0.05) is 36.3 Å². The maximum atomic E-state index is 13.3. The third-order valence-corrected chi connectivity index (χ3v) is 5.70. The van der Waals surface area contributed by atoms with E-state index in [-0.39, 0.29) is 31.2 Å². The lowest BCUT2D eigenvalue weighted by molar-refractivity contribution is -0.121. The lowest BCUT2D eigenvalue weighted by atomic mass is 9.89. The van der Waals surface area contributed by atoms with Crippen molar-refractivity contribution in [3.63, 3.8) is 0 Å². The third kappa shape index (κ3) is 3.86. The molecule has 0 saturated heterocycles. The SMILES string of the molecule is Cc1[nH]ncc1CNC(=O)CC(c1ccc2c(c1)OCO2)c1c(O)nc2ccccn2c1=O. The summed E-state index contributed by atoms with van der Waals surface area (Å²) in [6.07, 6.45) is 3.14. The van der Waals surface area contributed by atoms with Gasteiger partial charge in [0.05, 0.1) is 11.8 Å². The number of carbonyl (C=O) groups excluding carboxylic acids is 1. The number of nitrogens with zero attached hydrogens (tertiary/aromatic N) is 3. The molecule has 1 aliphatic rings. The lowest BCUT2D eigenvalue weighted by Crippen LogP contribution is -2.28. The van der Waals surface area contributed by atoms with Crippen molar-refractivity contribution in [2.75, 3.05) is 6.79 Å². The number of pyridine rings is 1. The predicted molar refractivity (Wildman–Crippen MR) is 117 cm³/mol. The summed E-state index contributed by atoms with van der Waals surface area (Å²) >= 11 is 0. The minimum absolute atomic E-state index is 0.0345. The van der Waals surface area contributed by atoms with E-state index in [1.807, 2.05) is 6.92 Å². The van der Waals surface area contributed by atoms with Gasteiger partial charge in [0.2, 0.25) is 18.6 Å². The average Bonchev–Trinajstić information content (AvgIpc) is 3.45. The zero-order chi connectivity index (χ0) is 22.9. The second-order valence-corrected chi connectivity index (χ2v) is 7.75. The molecule has 0 saturated carbocycles. The van der Waals surface area contributed by atoms with Crippen molar-refractivity contribution in [2.45, 2.75) is 25.8 Å². The first-order valence-corrected chi connectivity index (χ1v) is 10.4. The van der Waals surface area contributed by atoms with Crippen LogP contribution in [0.4, 0.5) is 0 Å². The molecule has 1 aliphatic heterocycles. The van der Waals surface area contributed by atoms with Crippen LogP contribution in [-0.2, 0) is 11.3 Å². The molecule has 0 fully saturated rings. The summed E-state index contributed by atoms with van der Waals surface area (Å²) in [5.74, 6) is -0.375. The highest BCUT2D eigenvalue weighted by atomic mass is 16.7. The van der Waals surface area contributed by atoms with Crippen molar-refractivity contribution in [1.29, 1.82) is 0 Å². The molecule has 10 nitrogen and oxygen atoms in total. The van der Waals surface area contributed by atoms with Gasteiger partial charge in [-0.25, -0.2) is 0 Å². The van der Waals surface area contributed by atoms with Crippen molar-refractivity contribution in [3.8, 4) is 17.4 Å². The molecule has 1 atom stereocenters. The average molecular weight is 447 g/mol. The summed E-state index contributed by atoms with van der Waals surface area (Å²) in [6.45, 7) is 2.25. The van der Waals surface area contributed by atoms with Crippen LogP contribution in [0.25, 0.3) is 5.65 Å². The molecular formula is C23H21N5O5. The van der Waals surface area contributed by atoms with Crippen LogP contribution >= 0.6 is 0 Å². The van der Waals surface area contributed by atoms with Crippen LogP contribution in [0.2, 0.25) is 0 Å². The number of H-pyrrole nitrogens is 1. The van der Waals surface area contributed by atoms with E-state index >= 15 is 0 Å². The Hall–Kier alpha value is -4.34. The molecule has 4 aromatic rings. The molecule has 0 aliphatic carbocycles. The van der Waals surface area contributed by atoms with Gasteiger partial charge in [-0.15, -0.1) is 0 Å². The zero-order valence-corrected chi connectivity index (χ0v) is 17.7. The Balaban J connectivity index is 1.53. The number of aromatic hydroxyl groups is 1. The Morgan fingerprint density at radius 2 is 2.12 bits per heavy atom. The number of hydrogen-bond acceptors (Lipinski definition) is 7. The number of amides is 1. The molecule has 4 heterocycles. The number of aromatic nitrogens is 4. The Morgan fingerprint density at radius 3 is 2.94 bits per heavy atom. The highest BCUT2D eigenvalue weighted by Crippen LogP contribution is 2.38. The summed E-state index contributed by atoms with van der Waals surface area (Å²) in [5, 5.41) is 20.4. The van der Waals surface area contributed by atoms with E-state index in [0.717, 1.165) is 11.3 Å². The fourth-order valence-corrected chi connectivity index (χ4v) is 3.92. The Bertz CT molecular complexity index is 1410. The number of aryl methyl sites for hydroxylation is 1. The van der Waals surface area contributed by atoms with E-state index in [0.29, 0.717) is 22.7 Å². The molecule has 33 heavy (non-hydrogen) atoms. The van der Waals surface area contributed by atoms with Gasteiger partial charge < -0.3 is 19.9 Å². The van der Waals surface area contributed by atoms with Crippen LogP contribution in [-0.4, -0.2) is 37.4 Å². The number of fused-ring (bicyclic) bond motifs is 2. The van der Waals surface area contributed by atoms with Crippen LogP contribution < -0.4 is 20.3 Å². The van der Waals surface area contributed by atoms with E-state index in [1.54, 1.807) is 48.8 Å². The number of carbonyl (C=O) groups is 1. The Labute approximate surface area is 187 Å². The highest BCUT2D eigenvalue weighted by Gasteiger charge is 2.28. The molecule has 168 valence electrons. The molecular weight excluding hydrogens is 426 g/mol. The number of aromatic amines is 1. The van der Waals surface area contributed by atoms with Crippen LogP contribution in [0, 0.1) is 6.92 Å². The van der Waals surface area contributed by atoms with Gasteiger partial charge >= 0.3 is 0 Å². The number of rotatable bonds is 6. The maximum absolute atomic E-state index is 13.3. The predicted octanol–water partition coefficient (Wildman–Crippen LogP) is 2.00. The number of benzene rings is 1. The molecule has 1 amide bonds. The van der Waals surface area contributed by atoms with Crippen molar-refractivity contribution < 1.29 is 19.4 Å². The number of ether oxygens (including phenoxy) is 2. The molecule has 0 spiro atoms. The number of hydrogen-bond donors (Lipinski definition) is 3. The van der Waals surface area contributed by atoms with E-state index in [4.69, 9.17) is 9.47 Å². The Kier molecular flexibility index (Phi) is 5.17. The second-order valence-electron chi connectivity index (χ2n) is 7.75. The smallest absolute Gasteiger partial charge is 0.265 e. The molecule has 10 heteroatoms. The maximum Gasteiger partial charge on any atom is 0.265 e. The zero-order valence-electron chi connectivity index (χ0n) is 17.7. The van der Waals surface area contributed by atoms with E-state index in [9.17, 15) is 14.7 Å². The summed E-state index contributed by atoms with van der Waals surface area (Å²) in [6, 6.07) is 10.2. The van der Waals surface area contributed by atoms with E-state index in [1.165, 1.54) is 4.40 Å². The Morgan fingerprint density at radius 1 is 1.27 bits per heavy atom. The van der Waals surface area contributed by atoms with Gasteiger partial charge in [-0.05, 0) is 36.8 Å². The molecule has 0 radical (unpaired) electrons. The summed E-state index contributed by atoms with van der Waals surface area (Å²) in [7, 11) is 0. The minimum Gasteiger partial charge on any atom is -0.493 e. The topological polar surface area (TPSA) is 131 Å². The van der Waals surface area contributed by atoms with Gasteiger partial charge in [0.1, 0.15) is 5.65 Å². The number of nitrogens with one attached hydrogen (secondary N) is 2. The largest absolute Gasteiger partial charge is 0.493 e. The third-order valence-electron chi connectivity index (χ3n) is 5.70. The summed E-state index contributed by atoms with van der Waals surface area (Å²) in [4.78, 5) is 30.4. The summed E-state index contributed by atoms with van der Waals surface area (Å²) in [5.41, 5.74) is 2.24. The fourth-order valence-electron chi connectivity index (χ4n) is 3.92. The first-order valence-electron chi connectivity index (χ1n) is 10.4. The summed E-state index contributed by atoms with van der Waals surface area (Å²) < 4.78 is 12.2. The van der Waals surface area contributed by atoms with E-state index in [2.05, 4.69) is 20.5 Å². The van der Waals surface area contributed by atoms with Gasteiger partial charge in [-0.3, -0.25) is 19.1 Å². The molecule has 3 N–H and O–H groups in total. The van der Waals surface area contributed by atoms with Crippen molar-refractivity contribution in [2.24, 2.45) is 0 Å². The quantitative estimate of drug-likeness (QED) is 0.412. The first kappa shape index (κ1) is 20.6. The van der Waals surface area contributed by atoms with Crippen molar-refractivity contribution in [1.82, 2.24) is 24.9 Å². The van der Waals surface area contributed by atoms with Gasteiger partial charge in [0.15, 0.2) is 11.5 Å².